The molecule has 0 aromatic carbocycles. The van der Waals surface area contributed by atoms with Gasteiger partial charge >= 0.3 is 11.9 Å². The molecule has 2 aliphatic carbocycles. The summed E-state index contributed by atoms with van der Waals surface area (Å²) in [5.41, 5.74) is 0.230. The highest BCUT2D eigenvalue weighted by atomic mass is 16.7. The number of ether oxygens (including phenoxy) is 6. The molecular formula is C36H58O8. The lowest BCUT2D eigenvalue weighted by Crippen LogP contribution is -2.45. The van der Waals surface area contributed by atoms with Crippen molar-refractivity contribution in [2.45, 2.75) is 154 Å². The Labute approximate surface area is 265 Å². The van der Waals surface area contributed by atoms with Gasteiger partial charge in [-0.3, -0.25) is 9.59 Å². The van der Waals surface area contributed by atoms with Gasteiger partial charge in [-0.15, -0.1) is 0 Å². The lowest BCUT2D eigenvalue weighted by molar-refractivity contribution is -0.223. The third-order valence-corrected chi connectivity index (χ3v) is 10.1. The van der Waals surface area contributed by atoms with Crippen molar-refractivity contribution in [2.75, 3.05) is 20.3 Å². The van der Waals surface area contributed by atoms with E-state index in [1.165, 1.54) is 39.7 Å². The smallest absolute Gasteiger partial charge is 0.305 e. The Morgan fingerprint density at radius 1 is 0.955 bits per heavy atom. The van der Waals surface area contributed by atoms with E-state index in [4.69, 9.17) is 28.4 Å². The Kier molecular flexibility index (Phi) is 14.7. The fourth-order valence-electron chi connectivity index (χ4n) is 7.68. The first kappa shape index (κ1) is 35.1. The number of carbonyl (C=O) groups is 2. The SMILES string of the molecule is CCCC1(C(C/C=C/[C@@H]2[C@@H](C/C=C\CCCC(=O)OC)[C@@H](OC(C)=O)C[C@H]2OC2CCCCO2)OC2CCCCO2)CCC1. The van der Waals surface area contributed by atoms with Crippen LogP contribution in [0.1, 0.15) is 123 Å². The lowest BCUT2D eigenvalue weighted by atomic mass is 9.62. The second-order valence-corrected chi connectivity index (χ2v) is 13.3. The third-order valence-electron chi connectivity index (χ3n) is 10.1. The van der Waals surface area contributed by atoms with Crippen LogP contribution in [-0.4, -0.2) is 63.2 Å². The minimum atomic E-state index is -0.258. The molecule has 0 aromatic heterocycles. The van der Waals surface area contributed by atoms with Crippen LogP contribution >= 0.6 is 0 Å². The molecule has 2 heterocycles. The Hall–Kier alpha value is -1.74. The fourth-order valence-corrected chi connectivity index (χ4v) is 7.68. The van der Waals surface area contributed by atoms with Crippen molar-refractivity contribution in [1.82, 2.24) is 0 Å². The van der Waals surface area contributed by atoms with Crippen LogP contribution in [0.4, 0.5) is 0 Å². The molecule has 0 N–H and O–H groups in total. The maximum absolute atomic E-state index is 12.2. The van der Waals surface area contributed by atoms with Gasteiger partial charge in [0.2, 0.25) is 0 Å². The van der Waals surface area contributed by atoms with Gasteiger partial charge in [-0.05, 0) is 88.9 Å². The third kappa shape index (κ3) is 10.4. The summed E-state index contributed by atoms with van der Waals surface area (Å²) in [6, 6.07) is 0. The number of rotatable bonds is 17. The lowest BCUT2D eigenvalue weighted by Gasteiger charge is -2.48. The molecule has 2 saturated heterocycles. The van der Waals surface area contributed by atoms with Gasteiger partial charge in [-0.1, -0.05) is 44.1 Å². The summed E-state index contributed by atoms with van der Waals surface area (Å²) in [5.74, 6) is -0.263. The van der Waals surface area contributed by atoms with Crippen LogP contribution in [0.2, 0.25) is 0 Å². The highest BCUT2D eigenvalue weighted by Gasteiger charge is 2.46. The number of hydrogen-bond donors (Lipinski definition) is 0. The molecule has 8 nitrogen and oxygen atoms in total. The van der Waals surface area contributed by atoms with Crippen LogP contribution in [-0.2, 0) is 38.0 Å². The molecule has 0 aromatic rings. The normalized spacial score (nSPS) is 31.2. The summed E-state index contributed by atoms with van der Waals surface area (Å²) in [6.07, 6.45) is 25.1. The highest BCUT2D eigenvalue weighted by Crippen LogP contribution is 2.50. The van der Waals surface area contributed by atoms with E-state index < -0.39 is 0 Å². The molecule has 2 aliphatic heterocycles. The van der Waals surface area contributed by atoms with Crippen molar-refractivity contribution in [3.63, 3.8) is 0 Å². The van der Waals surface area contributed by atoms with E-state index in [0.717, 1.165) is 83.8 Å². The van der Waals surface area contributed by atoms with Gasteiger partial charge in [0, 0.05) is 44.8 Å². The number of allylic oxidation sites excluding steroid dienone is 2. The molecule has 0 radical (unpaired) electrons. The molecule has 4 rings (SSSR count). The molecule has 7 atom stereocenters. The Morgan fingerprint density at radius 2 is 1.70 bits per heavy atom. The van der Waals surface area contributed by atoms with E-state index in [9.17, 15) is 9.59 Å². The molecule has 4 fully saturated rings. The maximum Gasteiger partial charge on any atom is 0.305 e. The molecule has 8 heteroatoms. The van der Waals surface area contributed by atoms with E-state index in [1.54, 1.807) is 0 Å². The first-order valence-corrected chi connectivity index (χ1v) is 17.5. The number of methoxy groups -OCH3 is 1. The van der Waals surface area contributed by atoms with Crippen LogP contribution in [0.25, 0.3) is 0 Å². The summed E-state index contributed by atoms with van der Waals surface area (Å²) in [6.45, 7) is 5.28. The Bertz CT molecular complexity index is 915. The second kappa shape index (κ2) is 18.4. The highest BCUT2D eigenvalue weighted by molar-refractivity contribution is 5.69. The van der Waals surface area contributed by atoms with Gasteiger partial charge in [-0.2, -0.15) is 0 Å². The largest absolute Gasteiger partial charge is 0.469 e. The Morgan fingerprint density at radius 3 is 2.32 bits per heavy atom. The number of esters is 2. The summed E-state index contributed by atoms with van der Waals surface area (Å²) in [4.78, 5) is 23.6. The number of carbonyl (C=O) groups excluding carboxylic acids is 2. The monoisotopic (exact) mass is 618 g/mol. The average Bonchev–Trinajstić information content (AvgIpc) is 3.31. The second-order valence-electron chi connectivity index (χ2n) is 13.3. The van der Waals surface area contributed by atoms with Gasteiger partial charge in [0.05, 0.1) is 19.3 Å². The molecule has 0 spiro atoms. The maximum atomic E-state index is 12.2. The minimum absolute atomic E-state index is 0.0830. The predicted octanol–water partition coefficient (Wildman–Crippen LogP) is 7.58. The van der Waals surface area contributed by atoms with E-state index >= 15 is 0 Å². The predicted molar refractivity (Wildman–Crippen MR) is 169 cm³/mol. The molecular weight excluding hydrogens is 560 g/mol. The standard InChI is InChI=1S/C36H58O8/c1-4-21-36(22-14-23-36)32(44-35-20-10-12-25-41-35)17-13-16-29-28(15-7-5-6-8-18-33(38)39-3)30(42-27(2)37)26-31(29)43-34-19-9-11-24-40-34/h5,7,13,16,28-32,34-35H,4,6,8-12,14-15,17-26H2,1-3H3/b7-5-,16-13+/t28-,29-,30+,31-,32?,34?,35?/m1/s1. The number of hydrogen-bond acceptors (Lipinski definition) is 8. The van der Waals surface area contributed by atoms with Crippen molar-refractivity contribution >= 4 is 11.9 Å². The van der Waals surface area contributed by atoms with E-state index in [1.807, 2.05) is 0 Å². The van der Waals surface area contributed by atoms with Gasteiger partial charge in [0.15, 0.2) is 12.6 Å². The van der Waals surface area contributed by atoms with Gasteiger partial charge in [0.1, 0.15) is 6.10 Å². The van der Waals surface area contributed by atoms with Gasteiger partial charge in [0.25, 0.3) is 0 Å². The first-order valence-electron chi connectivity index (χ1n) is 17.5. The summed E-state index contributed by atoms with van der Waals surface area (Å²) >= 11 is 0. The molecule has 0 bridgehead atoms. The van der Waals surface area contributed by atoms with E-state index in [2.05, 4.69) is 31.2 Å². The van der Waals surface area contributed by atoms with E-state index in [-0.39, 0.29) is 60.1 Å². The summed E-state index contributed by atoms with van der Waals surface area (Å²) < 4.78 is 36.0. The van der Waals surface area contributed by atoms with Gasteiger partial charge in [-0.25, -0.2) is 0 Å². The first-order chi connectivity index (χ1) is 21.4. The summed E-state index contributed by atoms with van der Waals surface area (Å²) in [7, 11) is 1.42. The number of unbranched alkanes of at least 4 members (excludes halogenated alkanes) is 1. The van der Waals surface area contributed by atoms with Crippen LogP contribution in [0.5, 0.6) is 0 Å². The quantitative estimate of drug-likeness (QED) is 0.0936. The van der Waals surface area contributed by atoms with Crippen LogP contribution in [0, 0.1) is 17.3 Å². The zero-order chi connectivity index (χ0) is 31.2. The van der Waals surface area contributed by atoms with Crippen molar-refractivity contribution in [2.24, 2.45) is 17.3 Å². The zero-order valence-electron chi connectivity index (χ0n) is 27.6. The van der Waals surface area contributed by atoms with Gasteiger partial charge < -0.3 is 28.4 Å². The van der Waals surface area contributed by atoms with Crippen molar-refractivity contribution < 1.29 is 38.0 Å². The molecule has 250 valence electrons. The van der Waals surface area contributed by atoms with Crippen LogP contribution < -0.4 is 0 Å². The van der Waals surface area contributed by atoms with Crippen molar-refractivity contribution in [3.05, 3.63) is 24.3 Å². The Balaban J connectivity index is 1.49. The minimum Gasteiger partial charge on any atom is -0.469 e. The van der Waals surface area contributed by atoms with Crippen molar-refractivity contribution in [1.29, 1.82) is 0 Å². The van der Waals surface area contributed by atoms with Crippen LogP contribution in [0.3, 0.4) is 0 Å². The molecule has 2 saturated carbocycles. The molecule has 0 amide bonds. The topological polar surface area (TPSA) is 89.5 Å². The molecule has 44 heavy (non-hydrogen) atoms. The molecule has 4 aliphatic rings. The van der Waals surface area contributed by atoms with E-state index in [0.29, 0.717) is 12.8 Å². The fraction of sp³-hybridized carbons (Fsp3) is 0.833. The average molecular weight is 619 g/mol. The van der Waals surface area contributed by atoms with Crippen molar-refractivity contribution in [3.8, 4) is 0 Å². The van der Waals surface area contributed by atoms with Crippen LogP contribution in [0.15, 0.2) is 24.3 Å². The summed E-state index contributed by atoms with van der Waals surface area (Å²) in [5, 5.41) is 0. The zero-order valence-corrected chi connectivity index (χ0v) is 27.6. The molecule has 3 unspecified atom stereocenters.